The Morgan fingerprint density at radius 1 is 1.07 bits per heavy atom. The van der Waals surface area contributed by atoms with Crippen molar-refractivity contribution in [2.75, 3.05) is 18.6 Å². The number of benzene rings is 2. The number of esters is 1. The Kier molecular flexibility index (Phi) is 5.44. The van der Waals surface area contributed by atoms with Crippen LogP contribution in [-0.2, 0) is 19.1 Å². The van der Waals surface area contributed by atoms with Crippen LogP contribution in [0.2, 0.25) is 0 Å². The number of anilines is 1. The highest BCUT2D eigenvalue weighted by molar-refractivity contribution is 8.26. The lowest BCUT2D eigenvalue weighted by Gasteiger charge is -2.25. The van der Waals surface area contributed by atoms with Crippen LogP contribution in [0.4, 0.5) is 5.69 Å². The minimum Gasteiger partial charge on any atom is -0.464 e. The van der Waals surface area contributed by atoms with Gasteiger partial charge in [0.15, 0.2) is 6.04 Å². The molecule has 4 rings (SSSR count). The van der Waals surface area contributed by atoms with Crippen LogP contribution in [-0.4, -0.2) is 40.7 Å². The Bertz CT molecular complexity index is 1100. The molecule has 6 nitrogen and oxygen atoms in total. The highest BCUT2D eigenvalue weighted by atomic mass is 32.2. The summed E-state index contributed by atoms with van der Waals surface area (Å²) in [6.07, 6.45) is 0. The molecule has 0 spiro atoms. The molecule has 0 saturated carbocycles. The molecule has 2 heterocycles. The van der Waals surface area contributed by atoms with E-state index in [0.29, 0.717) is 16.7 Å². The van der Waals surface area contributed by atoms with Gasteiger partial charge in [-0.2, -0.15) is 0 Å². The monoisotopic (exact) mass is 438 g/mol. The summed E-state index contributed by atoms with van der Waals surface area (Å²) in [6, 6.07) is 15.1. The number of para-hydroxylation sites is 1. The normalized spacial score (nSPS) is 19.3. The van der Waals surface area contributed by atoms with Gasteiger partial charge in [0.05, 0.1) is 22.8 Å². The number of hydrogen-bond acceptors (Lipinski definition) is 6. The third kappa shape index (κ3) is 3.22. The van der Waals surface area contributed by atoms with Crippen molar-refractivity contribution < 1.29 is 19.1 Å². The molecular formula is C22H18N2O4S2. The van der Waals surface area contributed by atoms with E-state index >= 15 is 0 Å². The third-order valence-corrected chi connectivity index (χ3v) is 6.36. The first-order valence-electron chi connectivity index (χ1n) is 9.34. The van der Waals surface area contributed by atoms with Gasteiger partial charge in [0.2, 0.25) is 0 Å². The molecule has 1 saturated heterocycles. The smallest absolute Gasteiger partial charge is 0.333 e. The highest BCUT2D eigenvalue weighted by Gasteiger charge is 2.46. The van der Waals surface area contributed by atoms with Crippen LogP contribution in [0, 0.1) is 0 Å². The minimum atomic E-state index is -1.01. The predicted octanol–water partition coefficient (Wildman–Crippen LogP) is 3.54. The fraction of sp³-hybridized carbons (Fsp3) is 0.182. The summed E-state index contributed by atoms with van der Waals surface area (Å²) in [6.45, 7) is 1.88. The van der Waals surface area contributed by atoms with Gasteiger partial charge in [0.25, 0.3) is 11.8 Å². The van der Waals surface area contributed by atoms with Crippen molar-refractivity contribution in [1.29, 1.82) is 0 Å². The molecule has 152 valence electrons. The van der Waals surface area contributed by atoms with Gasteiger partial charge in [-0.15, -0.1) is 0 Å². The van der Waals surface area contributed by atoms with Crippen molar-refractivity contribution in [2.45, 2.75) is 13.0 Å². The zero-order valence-corrected chi connectivity index (χ0v) is 18.0. The average molecular weight is 439 g/mol. The average Bonchev–Trinajstić information content (AvgIpc) is 3.17. The molecule has 0 aromatic heterocycles. The van der Waals surface area contributed by atoms with E-state index in [1.807, 2.05) is 24.3 Å². The summed E-state index contributed by atoms with van der Waals surface area (Å²) < 4.78 is 5.44. The number of carbonyl (C=O) groups is 3. The predicted molar refractivity (Wildman–Crippen MR) is 120 cm³/mol. The fourth-order valence-corrected chi connectivity index (χ4v) is 4.97. The lowest BCUT2D eigenvalue weighted by Crippen LogP contribution is -2.38. The van der Waals surface area contributed by atoms with Crippen LogP contribution in [0.1, 0.15) is 24.1 Å². The standard InChI is InChI=1S/C22H18N2O4S2/c1-3-28-21(27)17(13-9-5-4-6-10-13)24-20(26)18(30-22(24)29)16-14-11-7-8-12-15(14)23(2)19(16)25/h4-12,17H,3H2,1-2H3/b18-16-. The Morgan fingerprint density at radius 2 is 1.73 bits per heavy atom. The Hall–Kier alpha value is -2.97. The van der Waals surface area contributed by atoms with Crippen LogP contribution in [0.15, 0.2) is 59.5 Å². The Balaban J connectivity index is 1.82. The van der Waals surface area contributed by atoms with Crippen molar-refractivity contribution in [3.8, 4) is 0 Å². The maximum Gasteiger partial charge on any atom is 0.333 e. The number of carbonyl (C=O) groups excluding carboxylic acids is 3. The number of amides is 2. The van der Waals surface area contributed by atoms with Gasteiger partial charge in [-0.3, -0.25) is 14.5 Å². The molecular weight excluding hydrogens is 420 g/mol. The van der Waals surface area contributed by atoms with E-state index < -0.39 is 17.9 Å². The molecule has 2 aromatic rings. The lowest BCUT2D eigenvalue weighted by molar-refractivity contribution is -0.151. The second-order valence-corrected chi connectivity index (χ2v) is 8.34. The van der Waals surface area contributed by atoms with Crippen molar-refractivity contribution in [1.82, 2.24) is 4.90 Å². The van der Waals surface area contributed by atoms with Crippen LogP contribution < -0.4 is 4.90 Å². The van der Waals surface area contributed by atoms with E-state index in [-0.39, 0.29) is 21.7 Å². The van der Waals surface area contributed by atoms with Crippen molar-refractivity contribution >= 4 is 57.3 Å². The van der Waals surface area contributed by atoms with Gasteiger partial charge in [-0.1, -0.05) is 72.5 Å². The second kappa shape index (κ2) is 8.04. The number of nitrogens with zero attached hydrogens (tertiary/aromatic N) is 2. The van der Waals surface area contributed by atoms with Gasteiger partial charge < -0.3 is 9.64 Å². The number of hydrogen-bond donors (Lipinski definition) is 0. The molecule has 1 atom stereocenters. The molecule has 0 bridgehead atoms. The molecule has 1 unspecified atom stereocenters. The number of ether oxygens (including phenoxy) is 1. The molecule has 0 aliphatic carbocycles. The molecule has 30 heavy (non-hydrogen) atoms. The summed E-state index contributed by atoms with van der Waals surface area (Å²) in [5, 5.41) is 0. The topological polar surface area (TPSA) is 66.9 Å². The summed E-state index contributed by atoms with van der Waals surface area (Å²) in [4.78, 5) is 42.2. The Morgan fingerprint density at radius 3 is 2.43 bits per heavy atom. The Labute approximate surface area is 183 Å². The molecule has 2 aliphatic heterocycles. The number of fused-ring (bicyclic) bond motifs is 1. The zero-order chi connectivity index (χ0) is 21.4. The maximum atomic E-state index is 13.5. The van der Waals surface area contributed by atoms with Crippen LogP contribution in [0.5, 0.6) is 0 Å². The SMILES string of the molecule is CCOC(=O)C(c1ccccc1)N1C(=O)/C(=C2/C(=O)N(C)c3ccccc32)SC1=S. The summed E-state index contributed by atoms with van der Waals surface area (Å²) in [7, 11) is 1.67. The van der Waals surface area contributed by atoms with Gasteiger partial charge in [-0.05, 0) is 18.6 Å². The maximum absolute atomic E-state index is 13.5. The summed E-state index contributed by atoms with van der Waals surface area (Å²) >= 11 is 6.52. The molecule has 2 aromatic carbocycles. The minimum absolute atomic E-state index is 0.175. The number of likely N-dealkylation sites (N-methyl/N-ethyl adjacent to an activating group) is 1. The van der Waals surface area contributed by atoms with E-state index in [4.69, 9.17) is 17.0 Å². The van der Waals surface area contributed by atoms with Gasteiger partial charge in [0.1, 0.15) is 4.32 Å². The first-order chi connectivity index (χ1) is 14.5. The fourth-order valence-electron chi connectivity index (χ4n) is 3.59. The molecule has 2 amide bonds. The van der Waals surface area contributed by atoms with Crippen LogP contribution in [0.25, 0.3) is 5.57 Å². The number of rotatable bonds is 4. The second-order valence-electron chi connectivity index (χ2n) is 6.69. The third-order valence-electron chi connectivity index (χ3n) is 4.96. The van der Waals surface area contributed by atoms with E-state index in [0.717, 1.165) is 17.4 Å². The molecule has 0 radical (unpaired) electrons. The summed E-state index contributed by atoms with van der Waals surface area (Å²) in [5.74, 6) is -1.31. The largest absolute Gasteiger partial charge is 0.464 e. The van der Waals surface area contributed by atoms with Gasteiger partial charge in [0, 0.05) is 12.6 Å². The number of thioether (sulfide) groups is 1. The van der Waals surface area contributed by atoms with Gasteiger partial charge in [-0.25, -0.2) is 4.79 Å². The van der Waals surface area contributed by atoms with Crippen molar-refractivity contribution in [2.24, 2.45) is 0 Å². The van der Waals surface area contributed by atoms with E-state index in [2.05, 4.69) is 0 Å². The van der Waals surface area contributed by atoms with Gasteiger partial charge >= 0.3 is 5.97 Å². The van der Waals surface area contributed by atoms with E-state index in [1.165, 1.54) is 9.80 Å². The van der Waals surface area contributed by atoms with Crippen LogP contribution >= 0.6 is 24.0 Å². The summed E-state index contributed by atoms with van der Waals surface area (Å²) in [5.41, 5.74) is 2.31. The van der Waals surface area contributed by atoms with E-state index in [9.17, 15) is 14.4 Å². The lowest BCUT2D eigenvalue weighted by atomic mass is 10.0. The van der Waals surface area contributed by atoms with Crippen molar-refractivity contribution in [3.63, 3.8) is 0 Å². The molecule has 0 N–H and O–H groups in total. The molecule has 1 fully saturated rings. The highest BCUT2D eigenvalue weighted by Crippen LogP contribution is 2.46. The first-order valence-corrected chi connectivity index (χ1v) is 10.6. The zero-order valence-electron chi connectivity index (χ0n) is 16.3. The van der Waals surface area contributed by atoms with Crippen molar-refractivity contribution in [3.05, 3.63) is 70.6 Å². The molecule has 2 aliphatic rings. The number of thiocarbonyl (C=S) groups is 1. The molecule has 8 heteroatoms. The first kappa shape index (κ1) is 20.3. The van der Waals surface area contributed by atoms with Crippen LogP contribution in [0.3, 0.4) is 0 Å². The quantitative estimate of drug-likeness (QED) is 0.413. The van der Waals surface area contributed by atoms with E-state index in [1.54, 1.807) is 44.3 Å².